The first-order valence-electron chi connectivity index (χ1n) is 13.1. The van der Waals surface area contributed by atoms with E-state index < -0.39 is 0 Å². The van der Waals surface area contributed by atoms with Crippen molar-refractivity contribution < 1.29 is 0 Å². The SMILES string of the molecule is c1ccc(-c2ccc(C(C3CCCC4CCCN43)C3CCCC4CCCN43)cc2)cc1. The molecule has 4 aliphatic heterocycles. The summed E-state index contributed by atoms with van der Waals surface area (Å²) in [6, 6.07) is 23.9. The van der Waals surface area contributed by atoms with Crippen LogP contribution in [0.15, 0.2) is 54.6 Å². The van der Waals surface area contributed by atoms with Gasteiger partial charge in [-0.2, -0.15) is 0 Å². The minimum Gasteiger partial charge on any atom is -0.297 e. The molecule has 4 heterocycles. The van der Waals surface area contributed by atoms with Crippen molar-refractivity contribution in [2.24, 2.45) is 0 Å². The number of benzene rings is 2. The summed E-state index contributed by atoms with van der Waals surface area (Å²) in [6.07, 6.45) is 14.2. The average molecular weight is 415 g/mol. The van der Waals surface area contributed by atoms with Crippen molar-refractivity contribution in [3.8, 4) is 11.1 Å². The summed E-state index contributed by atoms with van der Waals surface area (Å²) >= 11 is 0. The number of hydrogen-bond donors (Lipinski definition) is 0. The van der Waals surface area contributed by atoms with Gasteiger partial charge in [-0.15, -0.1) is 0 Å². The first kappa shape index (κ1) is 20.0. The molecule has 4 atom stereocenters. The molecule has 0 saturated carbocycles. The van der Waals surface area contributed by atoms with Crippen molar-refractivity contribution in [3.63, 3.8) is 0 Å². The van der Waals surface area contributed by atoms with Crippen LogP contribution in [0.5, 0.6) is 0 Å². The second-order valence-electron chi connectivity index (χ2n) is 10.6. The molecule has 0 aliphatic carbocycles. The Kier molecular flexibility index (Phi) is 5.62. The lowest BCUT2D eigenvalue weighted by Crippen LogP contribution is -2.54. The normalized spacial score (nSPS) is 32.5. The van der Waals surface area contributed by atoms with Gasteiger partial charge in [-0.1, -0.05) is 67.4 Å². The van der Waals surface area contributed by atoms with Crippen molar-refractivity contribution in [2.75, 3.05) is 13.1 Å². The summed E-state index contributed by atoms with van der Waals surface area (Å²) in [5, 5.41) is 0. The van der Waals surface area contributed by atoms with Gasteiger partial charge in [-0.25, -0.2) is 0 Å². The Morgan fingerprint density at radius 2 is 1.06 bits per heavy atom. The second kappa shape index (κ2) is 8.71. The third-order valence-electron chi connectivity index (χ3n) is 9.00. The predicted octanol–water partition coefficient (Wildman–Crippen LogP) is 6.47. The molecule has 2 aromatic rings. The zero-order valence-corrected chi connectivity index (χ0v) is 19.0. The maximum Gasteiger partial charge on any atom is 0.0182 e. The van der Waals surface area contributed by atoms with Crippen LogP contribution in [0, 0.1) is 0 Å². The molecule has 2 heteroatoms. The molecule has 2 aromatic carbocycles. The Morgan fingerprint density at radius 1 is 0.548 bits per heavy atom. The molecule has 0 spiro atoms. The molecule has 0 amide bonds. The van der Waals surface area contributed by atoms with Gasteiger partial charge in [0, 0.05) is 30.1 Å². The quantitative estimate of drug-likeness (QED) is 0.565. The number of piperidine rings is 2. The van der Waals surface area contributed by atoms with Gasteiger partial charge < -0.3 is 0 Å². The molecular weight excluding hydrogens is 376 g/mol. The number of hydrogen-bond acceptors (Lipinski definition) is 2. The van der Waals surface area contributed by atoms with Crippen molar-refractivity contribution in [1.29, 1.82) is 0 Å². The first-order chi connectivity index (χ1) is 15.4. The van der Waals surface area contributed by atoms with Gasteiger partial charge in [0.2, 0.25) is 0 Å². The van der Waals surface area contributed by atoms with Crippen molar-refractivity contribution >= 4 is 0 Å². The Labute approximate surface area is 188 Å². The molecule has 4 fully saturated rings. The van der Waals surface area contributed by atoms with Crippen LogP contribution in [0.1, 0.15) is 75.7 Å². The topological polar surface area (TPSA) is 6.48 Å². The third kappa shape index (κ3) is 3.76. The van der Waals surface area contributed by atoms with E-state index in [1.807, 2.05) is 0 Å². The molecule has 0 bridgehead atoms. The smallest absolute Gasteiger partial charge is 0.0182 e. The second-order valence-corrected chi connectivity index (χ2v) is 10.6. The molecule has 0 N–H and O–H groups in total. The molecule has 2 nitrogen and oxygen atoms in total. The maximum atomic E-state index is 2.96. The van der Waals surface area contributed by atoms with Gasteiger partial charge in [-0.05, 0) is 81.1 Å². The molecule has 0 radical (unpaired) electrons. The number of fused-ring (bicyclic) bond motifs is 2. The monoisotopic (exact) mass is 414 g/mol. The van der Waals surface area contributed by atoms with Crippen LogP contribution in [0.3, 0.4) is 0 Å². The van der Waals surface area contributed by atoms with Crippen LogP contribution < -0.4 is 0 Å². The van der Waals surface area contributed by atoms with Crippen molar-refractivity contribution in [1.82, 2.24) is 9.80 Å². The molecule has 0 aromatic heterocycles. The van der Waals surface area contributed by atoms with Crippen LogP contribution in [0.25, 0.3) is 11.1 Å². The number of nitrogens with zero attached hydrogens (tertiary/aromatic N) is 2. The van der Waals surface area contributed by atoms with E-state index in [-0.39, 0.29) is 0 Å². The van der Waals surface area contributed by atoms with Crippen LogP contribution >= 0.6 is 0 Å². The fourth-order valence-corrected chi connectivity index (χ4v) is 7.67. The molecule has 31 heavy (non-hydrogen) atoms. The molecule has 6 rings (SSSR count). The van der Waals surface area contributed by atoms with E-state index in [0.717, 1.165) is 24.2 Å². The highest BCUT2D eigenvalue weighted by Gasteiger charge is 2.45. The molecule has 4 saturated heterocycles. The lowest BCUT2D eigenvalue weighted by Gasteiger charge is -2.49. The summed E-state index contributed by atoms with van der Waals surface area (Å²) in [5.41, 5.74) is 4.29. The summed E-state index contributed by atoms with van der Waals surface area (Å²) in [7, 11) is 0. The van der Waals surface area contributed by atoms with Crippen LogP contribution in [-0.4, -0.2) is 47.1 Å². The van der Waals surface area contributed by atoms with Gasteiger partial charge in [0.15, 0.2) is 0 Å². The predicted molar refractivity (Wildman–Crippen MR) is 129 cm³/mol. The van der Waals surface area contributed by atoms with E-state index in [9.17, 15) is 0 Å². The Hall–Kier alpha value is -1.64. The van der Waals surface area contributed by atoms with Gasteiger partial charge in [0.25, 0.3) is 0 Å². The first-order valence-corrected chi connectivity index (χ1v) is 13.1. The molecular formula is C29H38N2. The fraction of sp³-hybridized carbons (Fsp3) is 0.586. The van der Waals surface area contributed by atoms with E-state index in [1.54, 1.807) is 5.56 Å². The van der Waals surface area contributed by atoms with E-state index in [2.05, 4.69) is 64.4 Å². The van der Waals surface area contributed by atoms with Crippen molar-refractivity contribution in [2.45, 2.75) is 94.3 Å². The van der Waals surface area contributed by atoms with Crippen LogP contribution in [0.4, 0.5) is 0 Å². The Bertz CT molecular complexity index is 828. The van der Waals surface area contributed by atoms with Gasteiger partial charge >= 0.3 is 0 Å². The largest absolute Gasteiger partial charge is 0.297 e. The zero-order valence-electron chi connectivity index (χ0n) is 19.0. The summed E-state index contributed by atoms with van der Waals surface area (Å²) in [6.45, 7) is 2.67. The van der Waals surface area contributed by atoms with Gasteiger partial charge in [-0.3, -0.25) is 9.80 Å². The summed E-state index contributed by atoms with van der Waals surface area (Å²) < 4.78 is 0. The van der Waals surface area contributed by atoms with Crippen LogP contribution in [0.2, 0.25) is 0 Å². The lowest BCUT2D eigenvalue weighted by molar-refractivity contribution is 0.0364. The lowest BCUT2D eigenvalue weighted by atomic mass is 9.75. The Morgan fingerprint density at radius 3 is 1.65 bits per heavy atom. The minimum atomic E-state index is 0.673. The van der Waals surface area contributed by atoms with Crippen molar-refractivity contribution in [3.05, 3.63) is 60.2 Å². The highest BCUT2D eigenvalue weighted by molar-refractivity contribution is 5.63. The fourth-order valence-electron chi connectivity index (χ4n) is 7.67. The number of rotatable bonds is 4. The average Bonchev–Trinajstić information content (AvgIpc) is 3.51. The third-order valence-corrected chi connectivity index (χ3v) is 9.00. The van der Waals surface area contributed by atoms with E-state index in [0.29, 0.717) is 5.92 Å². The van der Waals surface area contributed by atoms with Gasteiger partial charge in [0.1, 0.15) is 0 Å². The summed E-state index contributed by atoms with van der Waals surface area (Å²) in [4.78, 5) is 5.91. The molecule has 164 valence electrons. The zero-order chi connectivity index (χ0) is 20.6. The standard InChI is InChI=1S/C29H38N2/c1-2-8-22(9-3-1)23-16-18-24(19-17-23)29(27-14-4-10-25-12-6-20-30(25)27)28-15-5-11-26-13-7-21-31(26)28/h1-3,8-9,16-19,25-29H,4-7,10-15,20-21H2. The highest BCUT2D eigenvalue weighted by atomic mass is 15.3. The Balaban J connectivity index is 1.36. The van der Waals surface area contributed by atoms with E-state index in [4.69, 9.17) is 0 Å². The summed E-state index contributed by atoms with van der Waals surface area (Å²) in [5.74, 6) is 0.673. The van der Waals surface area contributed by atoms with Gasteiger partial charge in [0.05, 0.1) is 0 Å². The van der Waals surface area contributed by atoms with Crippen LogP contribution in [-0.2, 0) is 0 Å². The highest BCUT2D eigenvalue weighted by Crippen LogP contribution is 2.45. The van der Waals surface area contributed by atoms with E-state index >= 15 is 0 Å². The molecule has 4 aliphatic rings. The van der Waals surface area contributed by atoms with E-state index in [1.165, 1.54) is 88.4 Å². The molecule has 4 unspecified atom stereocenters. The maximum absolute atomic E-state index is 2.96. The minimum absolute atomic E-state index is 0.673.